The van der Waals surface area contributed by atoms with Gasteiger partial charge in [-0.25, -0.2) is 0 Å². The Bertz CT molecular complexity index is 750. The van der Waals surface area contributed by atoms with Gasteiger partial charge in [0.25, 0.3) is 5.91 Å². The lowest BCUT2D eigenvalue weighted by Gasteiger charge is -2.13. The van der Waals surface area contributed by atoms with Crippen molar-refractivity contribution in [1.29, 1.82) is 0 Å². The van der Waals surface area contributed by atoms with Gasteiger partial charge < -0.3 is 14.6 Å². The Kier molecular flexibility index (Phi) is 6.86. The number of phenols is 1. The van der Waals surface area contributed by atoms with Gasteiger partial charge in [0.1, 0.15) is 4.32 Å². The molecule has 0 atom stereocenters. The molecule has 1 aromatic carbocycles. The molecule has 9 heteroatoms. The zero-order chi connectivity index (χ0) is 18.6. The van der Waals surface area contributed by atoms with Crippen molar-refractivity contribution in [3.8, 4) is 11.5 Å². The minimum Gasteiger partial charge on any atom is -0.503 e. The number of phenolic OH excluding ortho intramolecular Hbond substituents is 1. The Balaban J connectivity index is 2.23. The number of thiocarbonyl (C=S) groups is 1. The van der Waals surface area contributed by atoms with Crippen molar-refractivity contribution < 1.29 is 24.2 Å². The fourth-order valence-electron chi connectivity index (χ4n) is 2.09. The van der Waals surface area contributed by atoms with Crippen LogP contribution < -0.4 is 4.74 Å². The maximum atomic E-state index is 12.5. The second-order valence-electron chi connectivity index (χ2n) is 4.94. The Morgan fingerprint density at radius 3 is 2.84 bits per heavy atom. The summed E-state index contributed by atoms with van der Waals surface area (Å²) in [6, 6.07) is 3.32. The van der Waals surface area contributed by atoms with Crippen molar-refractivity contribution >= 4 is 62.2 Å². The second kappa shape index (κ2) is 8.68. The molecule has 134 valence electrons. The SMILES string of the molecule is CCOc1cc(/C=C2\SC(=S)N(CCC(=O)OC)C2=O)cc(Br)c1O. The summed E-state index contributed by atoms with van der Waals surface area (Å²) < 4.78 is 10.8. The molecule has 2 rings (SSSR count). The van der Waals surface area contributed by atoms with E-state index in [-0.39, 0.29) is 24.6 Å². The summed E-state index contributed by atoms with van der Waals surface area (Å²) in [5, 5.41) is 9.96. The summed E-state index contributed by atoms with van der Waals surface area (Å²) in [5.74, 6) is -0.336. The van der Waals surface area contributed by atoms with Crippen molar-refractivity contribution in [2.45, 2.75) is 13.3 Å². The molecule has 0 aromatic heterocycles. The summed E-state index contributed by atoms with van der Waals surface area (Å²) in [4.78, 5) is 25.6. The summed E-state index contributed by atoms with van der Waals surface area (Å²) in [5.41, 5.74) is 0.682. The van der Waals surface area contributed by atoms with Gasteiger partial charge in [-0.3, -0.25) is 14.5 Å². The van der Waals surface area contributed by atoms with Crippen LogP contribution in [0, 0.1) is 0 Å². The number of carbonyl (C=O) groups excluding carboxylic acids is 2. The predicted molar refractivity (Wildman–Crippen MR) is 103 cm³/mol. The number of benzene rings is 1. The van der Waals surface area contributed by atoms with Gasteiger partial charge in [-0.1, -0.05) is 24.0 Å². The molecule has 1 aromatic rings. The van der Waals surface area contributed by atoms with Gasteiger partial charge in [-0.2, -0.15) is 0 Å². The summed E-state index contributed by atoms with van der Waals surface area (Å²) in [7, 11) is 1.30. The number of ether oxygens (including phenoxy) is 2. The molecular formula is C16H16BrNO5S2. The number of halogens is 1. The van der Waals surface area contributed by atoms with Crippen LogP contribution in [0.4, 0.5) is 0 Å². The van der Waals surface area contributed by atoms with Gasteiger partial charge in [0, 0.05) is 6.54 Å². The predicted octanol–water partition coefficient (Wildman–Crippen LogP) is 3.32. The van der Waals surface area contributed by atoms with Crippen molar-refractivity contribution in [2.75, 3.05) is 20.3 Å². The average molecular weight is 446 g/mol. The van der Waals surface area contributed by atoms with Crippen LogP contribution in [0.2, 0.25) is 0 Å². The van der Waals surface area contributed by atoms with E-state index in [1.54, 1.807) is 18.2 Å². The number of rotatable bonds is 6. The molecule has 0 aliphatic carbocycles. The van der Waals surface area contributed by atoms with E-state index < -0.39 is 5.97 Å². The Morgan fingerprint density at radius 2 is 2.20 bits per heavy atom. The average Bonchev–Trinajstić information content (AvgIpc) is 2.83. The van der Waals surface area contributed by atoms with Gasteiger partial charge in [0.2, 0.25) is 0 Å². The number of aromatic hydroxyl groups is 1. The van der Waals surface area contributed by atoms with E-state index >= 15 is 0 Å². The molecule has 0 radical (unpaired) electrons. The van der Waals surface area contributed by atoms with E-state index in [9.17, 15) is 14.7 Å². The number of hydrogen-bond donors (Lipinski definition) is 1. The topological polar surface area (TPSA) is 76.1 Å². The van der Waals surface area contributed by atoms with Crippen LogP contribution in [-0.4, -0.2) is 46.5 Å². The molecule has 1 fully saturated rings. The van der Waals surface area contributed by atoms with E-state index in [1.807, 2.05) is 6.92 Å². The molecule has 1 heterocycles. The zero-order valence-corrected chi connectivity index (χ0v) is 16.8. The molecule has 0 unspecified atom stereocenters. The maximum Gasteiger partial charge on any atom is 0.307 e. The molecule has 1 N–H and O–H groups in total. The van der Waals surface area contributed by atoms with Gasteiger partial charge >= 0.3 is 5.97 Å². The number of hydrogen-bond acceptors (Lipinski definition) is 7. The molecule has 1 amide bonds. The Hall–Kier alpha value is -1.58. The van der Waals surface area contributed by atoms with Crippen LogP contribution in [0.1, 0.15) is 18.9 Å². The van der Waals surface area contributed by atoms with Crippen LogP contribution in [0.15, 0.2) is 21.5 Å². The Labute approximate surface area is 163 Å². The molecular weight excluding hydrogens is 430 g/mol. The minimum absolute atomic E-state index is 0.00428. The summed E-state index contributed by atoms with van der Waals surface area (Å²) in [6.07, 6.45) is 1.75. The van der Waals surface area contributed by atoms with Crippen molar-refractivity contribution in [3.63, 3.8) is 0 Å². The lowest BCUT2D eigenvalue weighted by molar-refractivity contribution is -0.140. The normalized spacial score (nSPS) is 15.8. The molecule has 6 nitrogen and oxygen atoms in total. The number of methoxy groups -OCH3 is 1. The fraction of sp³-hybridized carbons (Fsp3) is 0.312. The highest BCUT2D eigenvalue weighted by Crippen LogP contribution is 2.38. The first kappa shape index (κ1) is 19.7. The van der Waals surface area contributed by atoms with E-state index in [1.165, 1.54) is 12.0 Å². The molecule has 0 spiro atoms. The number of esters is 1. The van der Waals surface area contributed by atoms with Crippen molar-refractivity contribution in [2.24, 2.45) is 0 Å². The van der Waals surface area contributed by atoms with E-state index in [0.717, 1.165) is 11.8 Å². The maximum absolute atomic E-state index is 12.5. The smallest absolute Gasteiger partial charge is 0.307 e. The third-order valence-corrected chi connectivity index (χ3v) is 5.27. The van der Waals surface area contributed by atoms with Crippen molar-refractivity contribution in [3.05, 3.63) is 27.1 Å². The zero-order valence-electron chi connectivity index (χ0n) is 13.6. The standard InChI is InChI=1S/C16H16BrNO5S2/c1-3-23-11-7-9(6-10(17)14(11)20)8-12-15(21)18(16(24)25-12)5-4-13(19)22-2/h6-8,20H,3-5H2,1-2H3/b12-8-. The highest BCUT2D eigenvalue weighted by atomic mass is 79.9. The minimum atomic E-state index is -0.401. The largest absolute Gasteiger partial charge is 0.503 e. The van der Waals surface area contributed by atoms with Crippen LogP contribution in [-0.2, 0) is 14.3 Å². The highest BCUT2D eigenvalue weighted by molar-refractivity contribution is 9.10. The Morgan fingerprint density at radius 1 is 1.48 bits per heavy atom. The number of amides is 1. The van der Waals surface area contributed by atoms with E-state index in [4.69, 9.17) is 17.0 Å². The van der Waals surface area contributed by atoms with Gasteiger partial charge in [0.05, 0.1) is 29.5 Å². The second-order valence-corrected chi connectivity index (χ2v) is 7.47. The first-order valence-electron chi connectivity index (χ1n) is 7.34. The monoisotopic (exact) mass is 445 g/mol. The third kappa shape index (κ3) is 4.74. The number of thioether (sulfide) groups is 1. The van der Waals surface area contributed by atoms with Crippen LogP contribution >= 0.6 is 39.9 Å². The molecule has 1 saturated heterocycles. The summed E-state index contributed by atoms with van der Waals surface area (Å²) in [6.45, 7) is 2.39. The first-order chi connectivity index (χ1) is 11.9. The number of nitrogens with zero attached hydrogens (tertiary/aromatic N) is 1. The van der Waals surface area contributed by atoms with E-state index in [2.05, 4.69) is 20.7 Å². The molecule has 0 saturated carbocycles. The lowest BCUT2D eigenvalue weighted by Crippen LogP contribution is -2.30. The van der Waals surface area contributed by atoms with Crippen molar-refractivity contribution in [1.82, 2.24) is 4.90 Å². The van der Waals surface area contributed by atoms with Crippen LogP contribution in [0.3, 0.4) is 0 Å². The first-order valence-corrected chi connectivity index (χ1v) is 9.36. The van der Waals surface area contributed by atoms with Gasteiger partial charge in [-0.05, 0) is 46.6 Å². The third-order valence-electron chi connectivity index (χ3n) is 3.29. The molecule has 25 heavy (non-hydrogen) atoms. The highest BCUT2D eigenvalue weighted by Gasteiger charge is 2.32. The van der Waals surface area contributed by atoms with Crippen LogP contribution in [0.25, 0.3) is 6.08 Å². The quantitative estimate of drug-likeness (QED) is 0.408. The van der Waals surface area contributed by atoms with Crippen LogP contribution in [0.5, 0.6) is 11.5 Å². The molecule has 1 aliphatic heterocycles. The fourth-order valence-corrected chi connectivity index (χ4v) is 3.86. The number of carbonyl (C=O) groups is 2. The van der Waals surface area contributed by atoms with E-state index in [0.29, 0.717) is 31.6 Å². The lowest BCUT2D eigenvalue weighted by atomic mass is 10.2. The summed E-state index contributed by atoms with van der Waals surface area (Å²) >= 11 is 9.64. The molecule has 0 bridgehead atoms. The van der Waals surface area contributed by atoms with Gasteiger partial charge in [-0.15, -0.1) is 0 Å². The molecule has 1 aliphatic rings. The van der Waals surface area contributed by atoms with Gasteiger partial charge in [0.15, 0.2) is 11.5 Å².